The largest absolute Gasteiger partial charge is 0.379 e. The predicted molar refractivity (Wildman–Crippen MR) is 74.9 cm³/mol. The minimum absolute atomic E-state index is 0.736. The summed E-state index contributed by atoms with van der Waals surface area (Å²) in [4.78, 5) is 5.23. The van der Waals surface area contributed by atoms with Crippen LogP contribution in [0.4, 0.5) is 0 Å². The van der Waals surface area contributed by atoms with Crippen LogP contribution >= 0.6 is 0 Å². The van der Waals surface area contributed by atoms with Gasteiger partial charge in [0.1, 0.15) is 0 Å². The molecule has 2 aliphatic rings. The fourth-order valence-electron chi connectivity index (χ4n) is 2.97. The maximum atomic E-state index is 5.40. The van der Waals surface area contributed by atoms with Crippen molar-refractivity contribution < 1.29 is 4.74 Å². The number of morpholine rings is 1. The van der Waals surface area contributed by atoms with Crippen molar-refractivity contribution in [3.63, 3.8) is 0 Å². The molecule has 1 unspecified atom stereocenters. The van der Waals surface area contributed by atoms with Crippen molar-refractivity contribution in [3.8, 4) is 0 Å². The highest BCUT2D eigenvalue weighted by atomic mass is 16.5. The number of nitrogens with zero attached hydrogens (tertiary/aromatic N) is 2. The fourth-order valence-corrected chi connectivity index (χ4v) is 2.97. The summed E-state index contributed by atoms with van der Waals surface area (Å²) in [6.07, 6.45) is 1.32. The highest BCUT2D eigenvalue weighted by molar-refractivity contribution is 4.81. The fraction of sp³-hybridized carbons (Fsp3) is 1.00. The zero-order valence-corrected chi connectivity index (χ0v) is 12.0. The SMILES string of the molecule is CC(C)CC1CNCCN1CCN1CCOCC1. The van der Waals surface area contributed by atoms with E-state index in [1.54, 1.807) is 0 Å². The van der Waals surface area contributed by atoms with Gasteiger partial charge in [-0.2, -0.15) is 0 Å². The van der Waals surface area contributed by atoms with Gasteiger partial charge in [-0.1, -0.05) is 13.8 Å². The second kappa shape index (κ2) is 7.43. The second-order valence-corrected chi connectivity index (χ2v) is 5.98. The molecule has 18 heavy (non-hydrogen) atoms. The number of ether oxygens (including phenoxy) is 1. The van der Waals surface area contributed by atoms with Gasteiger partial charge < -0.3 is 10.1 Å². The third-order valence-electron chi connectivity index (χ3n) is 4.02. The van der Waals surface area contributed by atoms with E-state index in [1.165, 1.54) is 32.6 Å². The molecule has 0 aromatic rings. The molecule has 0 aliphatic carbocycles. The molecule has 4 heteroatoms. The predicted octanol–water partition coefficient (Wildman–Crippen LogP) is 0.639. The molecule has 0 aromatic carbocycles. The average Bonchev–Trinajstić information content (AvgIpc) is 2.38. The molecule has 1 atom stereocenters. The van der Waals surface area contributed by atoms with Gasteiger partial charge in [-0.05, 0) is 12.3 Å². The van der Waals surface area contributed by atoms with Crippen LogP contribution in [0.1, 0.15) is 20.3 Å². The van der Waals surface area contributed by atoms with Gasteiger partial charge in [0.05, 0.1) is 13.2 Å². The molecule has 0 saturated carbocycles. The summed E-state index contributed by atoms with van der Waals surface area (Å²) >= 11 is 0. The van der Waals surface area contributed by atoms with Crippen LogP contribution in [-0.4, -0.2) is 74.9 Å². The summed E-state index contributed by atoms with van der Waals surface area (Å²) in [7, 11) is 0. The monoisotopic (exact) mass is 255 g/mol. The lowest BCUT2D eigenvalue weighted by atomic mass is 10.0. The van der Waals surface area contributed by atoms with Crippen LogP contribution in [0.2, 0.25) is 0 Å². The average molecular weight is 255 g/mol. The molecule has 0 spiro atoms. The number of hydrogen-bond acceptors (Lipinski definition) is 4. The summed E-state index contributed by atoms with van der Waals surface area (Å²) in [5.74, 6) is 0.792. The molecule has 0 radical (unpaired) electrons. The molecule has 2 saturated heterocycles. The van der Waals surface area contributed by atoms with Crippen LogP contribution in [0, 0.1) is 5.92 Å². The smallest absolute Gasteiger partial charge is 0.0594 e. The van der Waals surface area contributed by atoms with Gasteiger partial charge in [-0.25, -0.2) is 0 Å². The lowest BCUT2D eigenvalue weighted by Crippen LogP contribution is -2.54. The molecular weight excluding hydrogens is 226 g/mol. The Kier molecular flexibility index (Phi) is 5.89. The standard InChI is InChI=1S/C14H29N3O/c1-13(2)11-14-12-15-3-4-17(14)6-5-16-7-9-18-10-8-16/h13-15H,3-12H2,1-2H3. The number of piperazine rings is 1. The van der Waals surface area contributed by atoms with Crippen molar-refractivity contribution >= 4 is 0 Å². The summed E-state index contributed by atoms with van der Waals surface area (Å²) < 4.78 is 5.40. The van der Waals surface area contributed by atoms with E-state index in [4.69, 9.17) is 4.74 Å². The maximum absolute atomic E-state index is 5.40. The summed E-state index contributed by atoms with van der Waals surface area (Å²) in [5.41, 5.74) is 0. The van der Waals surface area contributed by atoms with Crippen molar-refractivity contribution in [1.82, 2.24) is 15.1 Å². The lowest BCUT2D eigenvalue weighted by Gasteiger charge is -2.38. The molecule has 2 aliphatic heterocycles. The molecule has 2 heterocycles. The van der Waals surface area contributed by atoms with Crippen molar-refractivity contribution in [2.45, 2.75) is 26.3 Å². The first-order chi connectivity index (χ1) is 8.75. The molecule has 1 N–H and O–H groups in total. The van der Waals surface area contributed by atoms with E-state index < -0.39 is 0 Å². The highest BCUT2D eigenvalue weighted by Gasteiger charge is 2.23. The first-order valence-corrected chi connectivity index (χ1v) is 7.50. The van der Waals surface area contributed by atoms with Crippen molar-refractivity contribution in [3.05, 3.63) is 0 Å². The molecule has 0 aromatic heterocycles. The van der Waals surface area contributed by atoms with E-state index in [0.717, 1.165) is 44.8 Å². The van der Waals surface area contributed by atoms with Gasteiger partial charge in [0.2, 0.25) is 0 Å². The minimum atomic E-state index is 0.736. The third-order valence-corrected chi connectivity index (χ3v) is 4.02. The van der Waals surface area contributed by atoms with E-state index in [1.807, 2.05) is 0 Å². The molecule has 0 amide bonds. The molecule has 2 fully saturated rings. The topological polar surface area (TPSA) is 27.7 Å². The Hall–Kier alpha value is -0.160. The van der Waals surface area contributed by atoms with Gasteiger partial charge in [0.15, 0.2) is 0 Å². The first kappa shape index (κ1) is 14.3. The zero-order chi connectivity index (χ0) is 12.8. The van der Waals surface area contributed by atoms with Gasteiger partial charge in [-0.3, -0.25) is 9.80 Å². The van der Waals surface area contributed by atoms with Crippen molar-refractivity contribution in [1.29, 1.82) is 0 Å². The maximum Gasteiger partial charge on any atom is 0.0594 e. The van der Waals surface area contributed by atoms with Crippen molar-refractivity contribution in [2.75, 3.05) is 59.0 Å². The van der Waals surface area contributed by atoms with Crippen LogP contribution in [-0.2, 0) is 4.74 Å². The summed E-state index contributed by atoms with van der Waals surface area (Å²) in [5, 5.41) is 3.53. The molecular formula is C14H29N3O. The number of nitrogens with one attached hydrogen (secondary N) is 1. The Labute approximate surface area is 112 Å². The lowest BCUT2D eigenvalue weighted by molar-refractivity contribution is 0.0282. The van der Waals surface area contributed by atoms with Crippen LogP contribution in [0.5, 0.6) is 0 Å². The van der Waals surface area contributed by atoms with E-state index in [-0.39, 0.29) is 0 Å². The Morgan fingerprint density at radius 3 is 2.67 bits per heavy atom. The molecule has 0 bridgehead atoms. The van der Waals surface area contributed by atoms with Crippen LogP contribution in [0.3, 0.4) is 0 Å². The Morgan fingerprint density at radius 1 is 1.17 bits per heavy atom. The molecule has 2 rings (SSSR count). The van der Waals surface area contributed by atoms with E-state index in [9.17, 15) is 0 Å². The molecule has 4 nitrogen and oxygen atoms in total. The summed E-state index contributed by atoms with van der Waals surface area (Å²) in [6.45, 7) is 14.7. The molecule has 106 valence electrons. The van der Waals surface area contributed by atoms with Crippen molar-refractivity contribution in [2.24, 2.45) is 5.92 Å². The normalized spacial score (nSPS) is 27.8. The van der Waals surface area contributed by atoms with E-state index in [0.29, 0.717) is 0 Å². The number of rotatable bonds is 5. The highest BCUT2D eigenvalue weighted by Crippen LogP contribution is 2.13. The Bertz CT molecular complexity index is 229. The quantitative estimate of drug-likeness (QED) is 0.780. The Balaban J connectivity index is 1.74. The van der Waals surface area contributed by atoms with Crippen LogP contribution in [0.15, 0.2) is 0 Å². The van der Waals surface area contributed by atoms with E-state index in [2.05, 4.69) is 29.0 Å². The second-order valence-electron chi connectivity index (χ2n) is 5.98. The number of hydrogen-bond donors (Lipinski definition) is 1. The van der Waals surface area contributed by atoms with Gasteiger partial charge in [-0.15, -0.1) is 0 Å². The zero-order valence-electron chi connectivity index (χ0n) is 12.0. The third kappa shape index (κ3) is 4.50. The van der Waals surface area contributed by atoms with Gasteiger partial charge in [0.25, 0.3) is 0 Å². The van der Waals surface area contributed by atoms with Crippen LogP contribution < -0.4 is 5.32 Å². The van der Waals surface area contributed by atoms with Gasteiger partial charge in [0, 0.05) is 51.9 Å². The first-order valence-electron chi connectivity index (χ1n) is 7.50. The van der Waals surface area contributed by atoms with Crippen LogP contribution in [0.25, 0.3) is 0 Å². The Morgan fingerprint density at radius 2 is 1.94 bits per heavy atom. The van der Waals surface area contributed by atoms with E-state index >= 15 is 0 Å². The summed E-state index contributed by atoms with van der Waals surface area (Å²) in [6, 6.07) is 0.736. The van der Waals surface area contributed by atoms with Gasteiger partial charge >= 0.3 is 0 Å². The minimum Gasteiger partial charge on any atom is -0.379 e.